The molecule has 0 fully saturated rings. The Bertz CT molecular complexity index is 742. The van der Waals surface area contributed by atoms with E-state index in [-0.39, 0.29) is 0 Å². The lowest BCUT2D eigenvalue weighted by Gasteiger charge is -2.21. The van der Waals surface area contributed by atoms with Crippen molar-refractivity contribution < 1.29 is 4.74 Å². The molecule has 1 aromatic carbocycles. The minimum atomic E-state index is 0.937. The van der Waals surface area contributed by atoms with E-state index in [0.717, 1.165) is 38.0 Å². The van der Waals surface area contributed by atoms with Gasteiger partial charge in [-0.05, 0) is 61.3 Å². The van der Waals surface area contributed by atoms with Gasteiger partial charge in [0.1, 0.15) is 11.6 Å². The molecule has 0 radical (unpaired) electrons. The fourth-order valence-corrected chi connectivity index (χ4v) is 3.82. The summed E-state index contributed by atoms with van der Waals surface area (Å²) in [5.41, 5.74) is 5.75. The van der Waals surface area contributed by atoms with E-state index in [2.05, 4.69) is 47.8 Å². The molecule has 0 unspecified atom stereocenters. The molecule has 0 bridgehead atoms. The second-order valence-electron chi connectivity index (χ2n) is 6.90. The van der Waals surface area contributed by atoms with Crippen LogP contribution in [0.4, 0.5) is 0 Å². The molecule has 3 heteroatoms. The molecule has 0 saturated carbocycles. The molecule has 0 spiro atoms. The molecule has 25 heavy (non-hydrogen) atoms. The maximum absolute atomic E-state index is 5.59. The van der Waals surface area contributed by atoms with Crippen molar-refractivity contribution in [3.05, 3.63) is 52.6 Å². The second kappa shape index (κ2) is 8.37. The number of hydrogen-bond acceptors (Lipinski definition) is 2. The quantitative estimate of drug-likeness (QED) is 0.692. The standard InChI is InChI=1S/C22H30N2O/c1-4-8-22-23-13-14-24(22)16-17(5-2)15-18-11-12-21(25-3)20-10-7-6-9-19(18)20/h11-15H,4-10,16H2,1-3H3/b17-15-. The molecule has 0 amide bonds. The van der Waals surface area contributed by atoms with Crippen molar-refractivity contribution >= 4 is 6.08 Å². The minimum Gasteiger partial charge on any atom is -0.496 e. The SMILES string of the molecule is CCCc1nccn1C/C(=C\c1ccc(OC)c2c1CCCC2)CC. The Hall–Kier alpha value is -2.03. The molecule has 1 aromatic heterocycles. The fourth-order valence-electron chi connectivity index (χ4n) is 3.82. The van der Waals surface area contributed by atoms with Crippen LogP contribution >= 0.6 is 0 Å². The highest BCUT2D eigenvalue weighted by atomic mass is 16.5. The molecule has 0 N–H and O–H groups in total. The molecule has 1 heterocycles. The smallest absolute Gasteiger partial charge is 0.122 e. The van der Waals surface area contributed by atoms with Crippen molar-refractivity contribution in [3.63, 3.8) is 0 Å². The number of methoxy groups -OCH3 is 1. The van der Waals surface area contributed by atoms with Gasteiger partial charge in [-0.2, -0.15) is 0 Å². The maximum atomic E-state index is 5.59. The van der Waals surface area contributed by atoms with Crippen LogP contribution in [0.15, 0.2) is 30.1 Å². The Morgan fingerprint density at radius 2 is 2.00 bits per heavy atom. The van der Waals surface area contributed by atoms with Crippen molar-refractivity contribution in [1.82, 2.24) is 9.55 Å². The van der Waals surface area contributed by atoms with Crippen LogP contribution in [-0.4, -0.2) is 16.7 Å². The zero-order valence-electron chi connectivity index (χ0n) is 15.8. The predicted octanol–water partition coefficient (Wildman–Crippen LogP) is 5.22. The van der Waals surface area contributed by atoms with E-state index in [0.29, 0.717) is 0 Å². The molecular weight excluding hydrogens is 308 g/mol. The van der Waals surface area contributed by atoms with Crippen LogP contribution in [0.5, 0.6) is 5.75 Å². The number of fused-ring (bicyclic) bond motifs is 1. The lowest BCUT2D eigenvalue weighted by atomic mass is 9.87. The van der Waals surface area contributed by atoms with Gasteiger partial charge in [0.15, 0.2) is 0 Å². The van der Waals surface area contributed by atoms with Crippen LogP contribution < -0.4 is 4.74 Å². The molecule has 134 valence electrons. The number of ether oxygens (including phenoxy) is 1. The van der Waals surface area contributed by atoms with Crippen molar-refractivity contribution in [3.8, 4) is 5.75 Å². The first-order chi connectivity index (χ1) is 12.3. The van der Waals surface area contributed by atoms with Gasteiger partial charge in [-0.25, -0.2) is 4.98 Å². The molecule has 0 aliphatic heterocycles. The van der Waals surface area contributed by atoms with Gasteiger partial charge in [0.25, 0.3) is 0 Å². The van der Waals surface area contributed by atoms with Gasteiger partial charge in [-0.1, -0.05) is 31.6 Å². The minimum absolute atomic E-state index is 0.937. The Balaban J connectivity index is 1.91. The summed E-state index contributed by atoms with van der Waals surface area (Å²) in [7, 11) is 1.78. The summed E-state index contributed by atoms with van der Waals surface area (Å²) in [4.78, 5) is 4.51. The van der Waals surface area contributed by atoms with Crippen LogP contribution in [0.3, 0.4) is 0 Å². The largest absolute Gasteiger partial charge is 0.496 e. The van der Waals surface area contributed by atoms with Crippen LogP contribution in [0.25, 0.3) is 6.08 Å². The molecule has 3 rings (SSSR count). The van der Waals surface area contributed by atoms with E-state index in [9.17, 15) is 0 Å². The molecule has 3 nitrogen and oxygen atoms in total. The maximum Gasteiger partial charge on any atom is 0.122 e. The van der Waals surface area contributed by atoms with Crippen molar-refractivity contribution in [2.45, 2.75) is 65.3 Å². The molecule has 1 aliphatic rings. The summed E-state index contributed by atoms with van der Waals surface area (Å²) in [6, 6.07) is 4.38. The summed E-state index contributed by atoms with van der Waals surface area (Å²) in [6.07, 6.45) is 14.5. The third-order valence-electron chi connectivity index (χ3n) is 5.21. The average Bonchev–Trinajstić information content (AvgIpc) is 3.08. The van der Waals surface area contributed by atoms with Crippen LogP contribution in [0.1, 0.15) is 62.0 Å². The van der Waals surface area contributed by atoms with Crippen molar-refractivity contribution in [1.29, 1.82) is 0 Å². The van der Waals surface area contributed by atoms with Gasteiger partial charge in [0, 0.05) is 25.4 Å². The van der Waals surface area contributed by atoms with Gasteiger partial charge >= 0.3 is 0 Å². The third kappa shape index (κ3) is 3.97. The topological polar surface area (TPSA) is 27.1 Å². The van der Waals surface area contributed by atoms with Crippen molar-refractivity contribution in [2.75, 3.05) is 7.11 Å². The lowest BCUT2D eigenvalue weighted by molar-refractivity contribution is 0.406. The van der Waals surface area contributed by atoms with Gasteiger partial charge in [-0.15, -0.1) is 0 Å². The first-order valence-electron chi connectivity index (χ1n) is 9.65. The lowest BCUT2D eigenvalue weighted by Crippen LogP contribution is -2.08. The van der Waals surface area contributed by atoms with Gasteiger partial charge < -0.3 is 9.30 Å². The molecule has 0 saturated heterocycles. The summed E-state index contributed by atoms with van der Waals surface area (Å²) in [6.45, 7) is 5.39. The highest BCUT2D eigenvalue weighted by Gasteiger charge is 2.17. The zero-order chi connectivity index (χ0) is 17.6. The first-order valence-corrected chi connectivity index (χ1v) is 9.65. The number of hydrogen-bond donors (Lipinski definition) is 0. The van der Waals surface area contributed by atoms with Crippen molar-refractivity contribution in [2.24, 2.45) is 0 Å². The van der Waals surface area contributed by atoms with Crippen LogP contribution in [0.2, 0.25) is 0 Å². The Labute approximate surface area is 151 Å². The monoisotopic (exact) mass is 338 g/mol. The summed E-state index contributed by atoms with van der Waals surface area (Å²) >= 11 is 0. The fraction of sp³-hybridized carbons (Fsp3) is 0.500. The van der Waals surface area contributed by atoms with Crippen LogP contribution in [0, 0.1) is 0 Å². The van der Waals surface area contributed by atoms with Gasteiger partial charge in [0.2, 0.25) is 0 Å². The van der Waals surface area contributed by atoms with E-state index in [1.54, 1.807) is 7.11 Å². The normalized spacial score (nSPS) is 14.4. The van der Waals surface area contributed by atoms with E-state index < -0.39 is 0 Å². The predicted molar refractivity (Wildman–Crippen MR) is 104 cm³/mol. The molecular formula is C22H30N2O. The summed E-state index contributed by atoms with van der Waals surface area (Å²) < 4.78 is 7.89. The van der Waals surface area contributed by atoms with Gasteiger partial charge in [0.05, 0.1) is 7.11 Å². The number of aryl methyl sites for hydroxylation is 1. The summed E-state index contributed by atoms with van der Waals surface area (Å²) in [5, 5.41) is 0. The highest BCUT2D eigenvalue weighted by molar-refractivity contribution is 5.62. The number of imidazole rings is 1. The van der Waals surface area contributed by atoms with Crippen LogP contribution in [-0.2, 0) is 25.8 Å². The number of aromatic nitrogens is 2. The Morgan fingerprint density at radius 3 is 2.72 bits per heavy atom. The molecule has 2 aromatic rings. The van der Waals surface area contributed by atoms with E-state index in [4.69, 9.17) is 4.74 Å². The molecule has 0 atom stereocenters. The number of rotatable bonds is 7. The Morgan fingerprint density at radius 1 is 1.20 bits per heavy atom. The number of allylic oxidation sites excluding steroid dienone is 1. The third-order valence-corrected chi connectivity index (χ3v) is 5.21. The summed E-state index contributed by atoms with van der Waals surface area (Å²) in [5.74, 6) is 2.25. The number of benzene rings is 1. The van der Waals surface area contributed by atoms with Gasteiger partial charge in [-0.3, -0.25) is 0 Å². The Kier molecular flexibility index (Phi) is 5.95. The number of nitrogens with zero attached hydrogens (tertiary/aromatic N) is 2. The highest BCUT2D eigenvalue weighted by Crippen LogP contribution is 2.33. The first kappa shape index (κ1) is 17.8. The molecule has 1 aliphatic carbocycles. The zero-order valence-corrected chi connectivity index (χ0v) is 15.8. The second-order valence-corrected chi connectivity index (χ2v) is 6.90. The van der Waals surface area contributed by atoms with E-state index in [1.807, 2.05) is 6.20 Å². The van der Waals surface area contributed by atoms with E-state index in [1.165, 1.54) is 47.4 Å². The van der Waals surface area contributed by atoms with E-state index >= 15 is 0 Å². The average molecular weight is 338 g/mol.